The van der Waals surface area contributed by atoms with Gasteiger partial charge in [-0.25, -0.2) is 4.79 Å². The first-order chi connectivity index (χ1) is 24.5. The fourth-order valence-electron chi connectivity index (χ4n) is 6.08. The Morgan fingerprint density at radius 2 is 1.55 bits per heavy atom. The minimum atomic E-state index is -0.599. The Kier molecular flexibility index (Phi) is 10.5. The fraction of sp³-hybridized carbons (Fsp3) is 0.341. The summed E-state index contributed by atoms with van der Waals surface area (Å²) in [6.07, 6.45) is 1.63. The van der Waals surface area contributed by atoms with Crippen LogP contribution in [0.3, 0.4) is 0 Å². The van der Waals surface area contributed by atoms with Crippen molar-refractivity contribution in [2.45, 2.75) is 79.4 Å². The summed E-state index contributed by atoms with van der Waals surface area (Å²) in [7, 11) is 0. The number of fused-ring (bicyclic) bond motifs is 1. The van der Waals surface area contributed by atoms with Crippen molar-refractivity contribution in [1.82, 2.24) is 19.9 Å². The zero-order valence-corrected chi connectivity index (χ0v) is 30.2. The zero-order chi connectivity index (χ0) is 36.1. The zero-order valence-electron chi connectivity index (χ0n) is 30.2. The highest BCUT2D eigenvalue weighted by Gasteiger charge is 2.31. The van der Waals surface area contributed by atoms with E-state index in [2.05, 4.69) is 28.9 Å². The Balaban J connectivity index is 1.45. The molecule has 2 amide bonds. The Morgan fingerprint density at radius 3 is 2.16 bits per heavy atom. The lowest BCUT2D eigenvalue weighted by Crippen LogP contribution is -2.41. The number of hydrogen-bond acceptors (Lipinski definition) is 7. The van der Waals surface area contributed by atoms with Crippen molar-refractivity contribution in [3.8, 4) is 33.9 Å². The number of carbonyl (C=O) groups excluding carboxylic acids is 2. The molecular weight excluding hydrogens is 644 g/mol. The van der Waals surface area contributed by atoms with Crippen LogP contribution < -0.4 is 14.8 Å². The molecule has 3 aromatic carbocycles. The van der Waals surface area contributed by atoms with E-state index in [4.69, 9.17) is 18.7 Å². The highest BCUT2D eigenvalue weighted by Crippen LogP contribution is 2.45. The molecule has 0 atom stereocenters. The molecule has 0 unspecified atom stereocenters. The molecule has 5 aromatic rings. The molecule has 0 bridgehead atoms. The predicted molar refractivity (Wildman–Crippen MR) is 196 cm³/mol. The van der Waals surface area contributed by atoms with E-state index in [1.165, 1.54) is 0 Å². The van der Waals surface area contributed by atoms with Gasteiger partial charge >= 0.3 is 6.09 Å². The third-order valence-electron chi connectivity index (χ3n) is 8.59. The van der Waals surface area contributed by atoms with Crippen LogP contribution in [0.1, 0.15) is 80.3 Å². The van der Waals surface area contributed by atoms with Gasteiger partial charge in [-0.1, -0.05) is 79.7 Å². The van der Waals surface area contributed by atoms with Crippen LogP contribution in [0.25, 0.3) is 22.5 Å². The summed E-state index contributed by atoms with van der Waals surface area (Å²) in [5, 5.41) is 7.23. The second-order valence-corrected chi connectivity index (χ2v) is 14.0. The molecule has 2 aromatic heterocycles. The Hall–Kier alpha value is -5.51. The van der Waals surface area contributed by atoms with Crippen LogP contribution in [-0.2, 0) is 31.0 Å². The number of carbonyl (C=O) groups is 2. The third-order valence-corrected chi connectivity index (χ3v) is 8.59. The van der Waals surface area contributed by atoms with Gasteiger partial charge in [-0.3, -0.25) is 4.79 Å². The molecule has 1 aliphatic rings. The number of nitrogens with one attached hydrogen (secondary N) is 1. The largest absolute Gasteiger partial charge is 0.488 e. The maximum absolute atomic E-state index is 13.5. The highest BCUT2D eigenvalue weighted by molar-refractivity contribution is 6.02. The van der Waals surface area contributed by atoms with E-state index in [-0.39, 0.29) is 23.6 Å². The van der Waals surface area contributed by atoms with E-state index in [0.717, 1.165) is 27.9 Å². The lowest BCUT2D eigenvalue weighted by molar-refractivity contribution is 0.0199. The highest BCUT2D eigenvalue weighted by atomic mass is 16.6. The van der Waals surface area contributed by atoms with Gasteiger partial charge in [0, 0.05) is 43.2 Å². The summed E-state index contributed by atoms with van der Waals surface area (Å²) >= 11 is 0. The second-order valence-electron chi connectivity index (χ2n) is 14.0. The van der Waals surface area contributed by atoms with Crippen molar-refractivity contribution in [2.24, 2.45) is 0 Å². The molecule has 10 nitrogen and oxygen atoms in total. The number of aromatic nitrogens is 2. The molecule has 0 radical (unpaired) electrons. The van der Waals surface area contributed by atoms with Crippen molar-refractivity contribution < 1.29 is 28.3 Å². The molecule has 1 N–H and O–H groups in total. The summed E-state index contributed by atoms with van der Waals surface area (Å²) in [4.78, 5) is 28.1. The summed E-state index contributed by atoms with van der Waals surface area (Å²) in [6, 6.07) is 25.9. The van der Waals surface area contributed by atoms with Gasteiger partial charge in [-0.15, -0.1) is 0 Å². The van der Waals surface area contributed by atoms with Gasteiger partial charge in [0.25, 0.3) is 5.91 Å². The van der Waals surface area contributed by atoms with Gasteiger partial charge in [0.1, 0.15) is 30.3 Å². The van der Waals surface area contributed by atoms with Gasteiger partial charge in [0.05, 0.1) is 17.7 Å². The SMILES string of the molecule is CCNC(=O)c1noc(-c2cc(C(C)C)c(OCc3ccccc3)cc2OCc2ccccc2)c1-c1cc2n(c1)CCN(C(=O)OC(C)(C)C)C2. The van der Waals surface area contributed by atoms with E-state index in [1.807, 2.05) is 113 Å². The molecule has 51 heavy (non-hydrogen) atoms. The molecule has 0 fully saturated rings. The molecule has 0 aliphatic carbocycles. The van der Waals surface area contributed by atoms with E-state index in [9.17, 15) is 9.59 Å². The number of hydrogen-bond donors (Lipinski definition) is 1. The van der Waals surface area contributed by atoms with Gasteiger partial charge in [-0.2, -0.15) is 0 Å². The fourth-order valence-corrected chi connectivity index (χ4v) is 6.08. The molecule has 3 heterocycles. The number of rotatable bonds is 11. The van der Waals surface area contributed by atoms with Crippen LogP contribution in [0.2, 0.25) is 0 Å². The molecule has 6 rings (SSSR count). The van der Waals surface area contributed by atoms with Crippen molar-refractivity contribution in [2.75, 3.05) is 13.1 Å². The van der Waals surface area contributed by atoms with Gasteiger partial charge in [-0.05, 0) is 62.4 Å². The van der Waals surface area contributed by atoms with Crippen molar-refractivity contribution in [3.63, 3.8) is 0 Å². The van der Waals surface area contributed by atoms with Crippen LogP contribution in [0.5, 0.6) is 11.5 Å². The second kappa shape index (κ2) is 15.2. The average Bonchev–Trinajstić information content (AvgIpc) is 3.74. The van der Waals surface area contributed by atoms with E-state index in [1.54, 1.807) is 4.90 Å². The Bertz CT molecular complexity index is 1970. The molecular formula is C41H46N4O6. The van der Waals surface area contributed by atoms with Gasteiger partial charge < -0.3 is 33.5 Å². The Morgan fingerprint density at radius 1 is 0.902 bits per heavy atom. The molecule has 1 aliphatic heterocycles. The summed E-state index contributed by atoms with van der Waals surface area (Å²) in [5.41, 5.74) is 5.43. The normalized spacial score (nSPS) is 12.8. The molecule has 10 heteroatoms. The lowest BCUT2D eigenvalue weighted by Gasteiger charge is -2.30. The van der Waals surface area contributed by atoms with Crippen LogP contribution in [0.15, 0.2) is 89.6 Å². The minimum Gasteiger partial charge on any atom is -0.488 e. The lowest BCUT2D eigenvalue weighted by atomic mass is 9.94. The topological polar surface area (TPSA) is 108 Å². The summed E-state index contributed by atoms with van der Waals surface area (Å²) < 4.78 is 26.9. The van der Waals surface area contributed by atoms with Crippen LogP contribution in [0.4, 0.5) is 4.79 Å². The van der Waals surface area contributed by atoms with Crippen molar-refractivity contribution in [1.29, 1.82) is 0 Å². The van der Waals surface area contributed by atoms with E-state index >= 15 is 0 Å². The average molecular weight is 691 g/mol. The number of amides is 2. The van der Waals surface area contributed by atoms with Crippen LogP contribution >= 0.6 is 0 Å². The first kappa shape index (κ1) is 35.3. The quantitative estimate of drug-likeness (QED) is 0.148. The van der Waals surface area contributed by atoms with E-state index in [0.29, 0.717) is 67.8 Å². The number of benzene rings is 3. The smallest absolute Gasteiger partial charge is 0.410 e. The van der Waals surface area contributed by atoms with Crippen LogP contribution in [0, 0.1) is 0 Å². The maximum atomic E-state index is 13.5. The van der Waals surface area contributed by atoms with Crippen molar-refractivity contribution >= 4 is 12.0 Å². The molecule has 0 saturated carbocycles. The predicted octanol–water partition coefficient (Wildman–Crippen LogP) is 8.59. The van der Waals surface area contributed by atoms with Gasteiger partial charge in [0.2, 0.25) is 0 Å². The molecule has 0 spiro atoms. The summed E-state index contributed by atoms with van der Waals surface area (Å²) in [6.45, 7) is 14.2. The molecule has 266 valence electrons. The van der Waals surface area contributed by atoms with Gasteiger partial charge in [0.15, 0.2) is 11.5 Å². The summed E-state index contributed by atoms with van der Waals surface area (Å²) in [5.74, 6) is 1.38. The monoisotopic (exact) mass is 690 g/mol. The van der Waals surface area contributed by atoms with Crippen LogP contribution in [-0.4, -0.2) is 45.3 Å². The minimum absolute atomic E-state index is 0.0903. The molecule has 0 saturated heterocycles. The third kappa shape index (κ3) is 8.28. The standard InChI is InChI=1S/C41H46N4O6/c1-7-42-39(46)37-36(30-20-31-24-45(19-18-44(31)23-30)40(47)50-41(4,5)6)38(51-43-37)33-21-32(27(2)3)34(48-25-28-14-10-8-11-15-28)22-35(33)49-26-29-16-12-9-13-17-29/h8-17,20-23,27H,7,18-19,24-26H2,1-6H3,(H,42,46). The number of nitrogens with zero attached hydrogens (tertiary/aromatic N) is 3. The maximum Gasteiger partial charge on any atom is 0.410 e. The first-order valence-corrected chi connectivity index (χ1v) is 17.5. The van der Waals surface area contributed by atoms with Crippen molar-refractivity contribution in [3.05, 3.63) is 113 Å². The Labute approximate surface area is 299 Å². The number of ether oxygens (including phenoxy) is 3. The first-order valence-electron chi connectivity index (χ1n) is 17.5. The van der Waals surface area contributed by atoms with E-state index < -0.39 is 5.60 Å².